The zero-order chi connectivity index (χ0) is 18.8. The van der Waals surface area contributed by atoms with E-state index in [1.807, 2.05) is 54.7 Å². The Hall–Kier alpha value is -3.04. The number of fused-ring (bicyclic) bond motifs is 1. The lowest BCUT2D eigenvalue weighted by molar-refractivity contribution is -0.690. The minimum absolute atomic E-state index is 0.0757. The van der Waals surface area contributed by atoms with Crippen molar-refractivity contribution in [3.8, 4) is 0 Å². The summed E-state index contributed by atoms with van der Waals surface area (Å²) in [5.41, 5.74) is 5.08. The molecule has 0 aliphatic carbocycles. The minimum Gasteiger partial charge on any atom is -0.326 e. The number of anilines is 2. The molecule has 1 atom stereocenters. The fourth-order valence-electron chi connectivity index (χ4n) is 2.85. The van der Waals surface area contributed by atoms with Gasteiger partial charge in [0, 0.05) is 29.3 Å². The Morgan fingerprint density at radius 1 is 1.33 bits per heavy atom. The van der Waals surface area contributed by atoms with Crippen LogP contribution in [0.5, 0.6) is 0 Å². The van der Waals surface area contributed by atoms with Gasteiger partial charge in [0.2, 0.25) is 11.7 Å². The van der Waals surface area contributed by atoms with Crippen LogP contribution in [0.2, 0.25) is 0 Å². The average molecular weight is 382 g/mol. The van der Waals surface area contributed by atoms with Crippen molar-refractivity contribution in [1.82, 2.24) is 15.2 Å². The number of hydrogen-bond donors (Lipinski definition) is 4. The number of aromatic amines is 1. The number of aromatic nitrogens is 2. The number of hydrazine groups is 1. The molecule has 0 radical (unpaired) electrons. The number of amidine groups is 1. The number of thioether (sulfide) groups is 1. The summed E-state index contributed by atoms with van der Waals surface area (Å²) in [4.78, 5) is 17.9. The second-order valence-electron chi connectivity index (χ2n) is 6.28. The van der Waals surface area contributed by atoms with Crippen LogP contribution >= 0.6 is 11.8 Å². The predicted octanol–water partition coefficient (Wildman–Crippen LogP) is 1.68. The number of benzene rings is 1. The minimum atomic E-state index is -0.0757. The maximum absolute atomic E-state index is 11.2. The zero-order valence-electron chi connectivity index (χ0n) is 15.0. The summed E-state index contributed by atoms with van der Waals surface area (Å²) < 4.78 is 0. The van der Waals surface area contributed by atoms with Crippen LogP contribution in [-0.4, -0.2) is 33.5 Å². The molecule has 1 aromatic carbocycles. The molecule has 0 fully saturated rings. The molecule has 2 aliphatic heterocycles. The Morgan fingerprint density at radius 2 is 2.15 bits per heavy atom. The number of nitrogens with zero attached hydrogens (tertiary/aromatic N) is 3. The van der Waals surface area contributed by atoms with E-state index in [9.17, 15) is 4.79 Å². The van der Waals surface area contributed by atoms with Crippen LogP contribution in [-0.2, 0) is 4.79 Å². The molecule has 2 aliphatic rings. The fraction of sp³-hybridized carbons (Fsp3) is 0.167. The Morgan fingerprint density at radius 3 is 2.85 bits per heavy atom. The third-order valence-electron chi connectivity index (χ3n) is 4.01. The van der Waals surface area contributed by atoms with Crippen molar-refractivity contribution in [2.45, 2.75) is 18.7 Å². The van der Waals surface area contributed by atoms with Crippen LogP contribution < -0.4 is 15.6 Å². The van der Waals surface area contributed by atoms with Gasteiger partial charge < -0.3 is 5.32 Å². The maximum atomic E-state index is 11.2. The van der Waals surface area contributed by atoms with Crippen LogP contribution in [0.15, 0.2) is 63.8 Å². The molecular weight excluding hydrogens is 362 g/mol. The van der Waals surface area contributed by atoms with Gasteiger partial charge in [-0.1, -0.05) is 0 Å². The van der Waals surface area contributed by atoms with Gasteiger partial charge in [-0.2, -0.15) is 5.10 Å². The molecule has 1 aromatic heterocycles. The van der Waals surface area contributed by atoms with E-state index in [2.05, 4.69) is 32.1 Å². The van der Waals surface area contributed by atoms with E-state index >= 15 is 0 Å². The molecule has 27 heavy (non-hydrogen) atoms. The number of quaternary nitrogens is 1. The molecule has 4 N–H and O–H groups in total. The van der Waals surface area contributed by atoms with Gasteiger partial charge in [0.1, 0.15) is 12.7 Å². The largest absolute Gasteiger partial charge is 0.326 e. The molecular formula is C18H20N7OS+. The second-order valence-corrected chi connectivity index (χ2v) is 7.40. The van der Waals surface area contributed by atoms with Crippen molar-refractivity contribution in [2.24, 2.45) is 4.99 Å². The van der Waals surface area contributed by atoms with E-state index in [1.165, 1.54) is 6.92 Å². The molecule has 2 aromatic rings. The van der Waals surface area contributed by atoms with Crippen molar-refractivity contribution in [2.75, 3.05) is 17.3 Å². The molecule has 3 heterocycles. The van der Waals surface area contributed by atoms with Crippen LogP contribution in [0, 0.1) is 6.92 Å². The van der Waals surface area contributed by atoms with Gasteiger partial charge in [-0.25, -0.2) is 9.89 Å². The number of aryl methyl sites for hydroxylation is 1. The van der Waals surface area contributed by atoms with Crippen LogP contribution in [0.25, 0.3) is 0 Å². The number of rotatable bonds is 5. The van der Waals surface area contributed by atoms with E-state index in [0.29, 0.717) is 6.54 Å². The van der Waals surface area contributed by atoms with E-state index in [1.54, 1.807) is 11.8 Å². The molecule has 1 unspecified atom stereocenters. The maximum Gasteiger partial charge on any atom is 0.233 e. The fourth-order valence-corrected chi connectivity index (χ4v) is 3.85. The monoisotopic (exact) mass is 382 g/mol. The van der Waals surface area contributed by atoms with E-state index in [4.69, 9.17) is 0 Å². The van der Waals surface area contributed by atoms with E-state index in [-0.39, 0.29) is 5.91 Å². The smallest absolute Gasteiger partial charge is 0.233 e. The van der Waals surface area contributed by atoms with Crippen LogP contribution in [0.1, 0.15) is 12.6 Å². The molecule has 0 saturated heterocycles. The number of H-pyrrole nitrogens is 1. The highest BCUT2D eigenvalue weighted by atomic mass is 32.2. The standard InChI is InChI=1S/C18H19N7OS/c1-12-9-16(22-21-12)23-24-10-17-19-7-8-25(17)18(11-24)27-15-5-3-14(4-6-15)20-13(2)26/h3-9,11H,10H2,1-2H3,(H,20,26)(H2,21,22,23)/p+1. The van der Waals surface area contributed by atoms with Gasteiger partial charge in [0.05, 0.1) is 12.4 Å². The van der Waals surface area contributed by atoms with Crippen molar-refractivity contribution < 1.29 is 9.69 Å². The van der Waals surface area contributed by atoms with Gasteiger partial charge in [0.25, 0.3) is 0 Å². The summed E-state index contributed by atoms with van der Waals surface area (Å²) in [7, 11) is 0. The van der Waals surface area contributed by atoms with Gasteiger partial charge in [-0.15, -0.1) is 0 Å². The van der Waals surface area contributed by atoms with E-state index < -0.39 is 0 Å². The van der Waals surface area contributed by atoms with Gasteiger partial charge in [-0.3, -0.25) is 20.3 Å². The second kappa shape index (κ2) is 7.29. The Balaban J connectivity index is 1.52. The molecule has 0 saturated carbocycles. The summed E-state index contributed by atoms with van der Waals surface area (Å²) in [5.74, 6) is 1.71. The van der Waals surface area contributed by atoms with Crippen molar-refractivity contribution >= 4 is 35.0 Å². The third kappa shape index (κ3) is 4.04. The summed E-state index contributed by atoms with van der Waals surface area (Å²) in [6.07, 6.45) is 5.94. The topological polar surface area (TPSA) is 89.9 Å². The SMILES string of the molecule is CC(=O)Nc1ccc(SC2=CN(Nc3cc(C)[nH]n3)CC3=NC=C[NH+]23)cc1. The van der Waals surface area contributed by atoms with Crippen molar-refractivity contribution in [1.29, 1.82) is 0 Å². The van der Waals surface area contributed by atoms with Gasteiger partial charge >= 0.3 is 0 Å². The quantitative estimate of drug-likeness (QED) is 0.632. The summed E-state index contributed by atoms with van der Waals surface area (Å²) in [6, 6.07) is 9.75. The highest BCUT2D eigenvalue weighted by Gasteiger charge is 2.32. The third-order valence-corrected chi connectivity index (χ3v) is 5.06. The number of aliphatic imine (C=N–C) groups is 1. The van der Waals surface area contributed by atoms with Crippen LogP contribution in [0.3, 0.4) is 0 Å². The first-order valence-corrected chi connectivity index (χ1v) is 9.32. The summed E-state index contributed by atoms with van der Waals surface area (Å²) in [6.45, 7) is 4.13. The molecule has 0 bridgehead atoms. The summed E-state index contributed by atoms with van der Waals surface area (Å²) >= 11 is 1.66. The first-order chi connectivity index (χ1) is 13.1. The van der Waals surface area contributed by atoms with Crippen molar-refractivity contribution in [3.05, 3.63) is 59.7 Å². The molecule has 8 nitrogen and oxygen atoms in total. The first-order valence-electron chi connectivity index (χ1n) is 8.50. The lowest BCUT2D eigenvalue weighted by Crippen LogP contribution is -3.09. The molecule has 4 rings (SSSR count). The number of amides is 1. The zero-order valence-corrected chi connectivity index (χ0v) is 15.8. The molecule has 9 heteroatoms. The van der Waals surface area contributed by atoms with Gasteiger partial charge in [-0.05, 0) is 43.0 Å². The number of carbonyl (C=O) groups is 1. The Bertz CT molecular complexity index is 945. The number of carbonyl (C=O) groups excluding carboxylic acids is 1. The number of hydrogen-bond acceptors (Lipinski definition) is 6. The molecule has 0 spiro atoms. The normalized spacial score (nSPS) is 18.0. The Labute approximate surface area is 161 Å². The highest BCUT2D eigenvalue weighted by Crippen LogP contribution is 2.26. The Kier molecular flexibility index (Phi) is 4.69. The first kappa shape index (κ1) is 17.4. The molecule has 1 amide bonds. The van der Waals surface area contributed by atoms with Gasteiger partial charge in [0.15, 0.2) is 10.8 Å². The highest BCUT2D eigenvalue weighted by molar-refractivity contribution is 8.02. The lowest BCUT2D eigenvalue weighted by Gasteiger charge is -2.28. The average Bonchev–Trinajstić information content (AvgIpc) is 3.25. The predicted molar refractivity (Wildman–Crippen MR) is 106 cm³/mol. The summed E-state index contributed by atoms with van der Waals surface area (Å²) in [5, 5.41) is 13.0. The van der Waals surface area contributed by atoms with E-state index in [0.717, 1.165) is 37.9 Å². The molecule has 138 valence electrons. The van der Waals surface area contributed by atoms with Crippen molar-refractivity contribution in [3.63, 3.8) is 0 Å². The number of nitrogens with one attached hydrogen (secondary N) is 4. The van der Waals surface area contributed by atoms with Crippen LogP contribution in [0.4, 0.5) is 11.5 Å². The lowest BCUT2D eigenvalue weighted by atomic mass is 10.3.